The molecule has 1 heterocycles. The van der Waals surface area contributed by atoms with Gasteiger partial charge in [0, 0.05) is 12.2 Å². The van der Waals surface area contributed by atoms with E-state index in [0.29, 0.717) is 12.0 Å². The van der Waals surface area contributed by atoms with E-state index in [9.17, 15) is 0 Å². The quantitative estimate of drug-likeness (QED) is 0.877. The number of halogens is 1. The monoisotopic (exact) mass is 284 g/mol. The zero-order chi connectivity index (χ0) is 11.5. The molecular weight excluding hydrogens is 268 g/mol. The zero-order valence-electron chi connectivity index (χ0n) is 9.41. The molecule has 0 saturated heterocycles. The molecule has 1 fully saturated rings. The highest BCUT2D eigenvalue weighted by Gasteiger charge is 2.19. The van der Waals surface area contributed by atoms with Gasteiger partial charge in [-0.3, -0.25) is 0 Å². The Hall–Kier alpha value is -0.840. The lowest BCUT2D eigenvalue weighted by atomic mass is 9.87. The molecule has 2 rings (SSSR count). The minimum Gasteiger partial charge on any atom is -0.368 e. The van der Waals surface area contributed by atoms with Crippen LogP contribution in [0, 0.1) is 5.92 Å². The third-order valence-electron chi connectivity index (χ3n) is 3.04. The first kappa shape index (κ1) is 11.6. The number of anilines is 2. The molecule has 0 amide bonds. The smallest absolute Gasteiger partial charge is 0.221 e. The van der Waals surface area contributed by atoms with Gasteiger partial charge >= 0.3 is 0 Å². The normalized spacial score (nSPS) is 25.4. The van der Waals surface area contributed by atoms with Gasteiger partial charge in [0.25, 0.3) is 0 Å². The Bertz CT molecular complexity index is 369. The topological polar surface area (TPSA) is 63.8 Å². The van der Waals surface area contributed by atoms with E-state index in [4.69, 9.17) is 5.73 Å². The second-order valence-electron chi connectivity index (χ2n) is 4.54. The fourth-order valence-electron chi connectivity index (χ4n) is 2.24. The van der Waals surface area contributed by atoms with E-state index in [2.05, 4.69) is 38.1 Å². The molecule has 1 aromatic heterocycles. The fraction of sp³-hybridized carbons (Fsp3) is 0.636. The summed E-state index contributed by atoms with van der Waals surface area (Å²) >= 11 is 3.43. The Morgan fingerprint density at radius 3 is 3.06 bits per heavy atom. The van der Waals surface area contributed by atoms with Crippen molar-refractivity contribution in [3.8, 4) is 0 Å². The van der Waals surface area contributed by atoms with Crippen molar-refractivity contribution in [3.05, 3.63) is 10.7 Å². The number of hydrogen-bond acceptors (Lipinski definition) is 4. The molecule has 0 aliphatic heterocycles. The van der Waals surface area contributed by atoms with Gasteiger partial charge in [-0.15, -0.1) is 0 Å². The van der Waals surface area contributed by atoms with Crippen LogP contribution in [-0.2, 0) is 0 Å². The number of rotatable bonds is 2. The number of nitrogens with one attached hydrogen (secondary N) is 1. The number of nitrogens with two attached hydrogens (primary N) is 1. The van der Waals surface area contributed by atoms with E-state index in [1.807, 2.05) is 0 Å². The molecule has 88 valence electrons. The molecule has 1 aromatic rings. The summed E-state index contributed by atoms with van der Waals surface area (Å²) in [6.45, 7) is 2.30. The summed E-state index contributed by atoms with van der Waals surface area (Å²) in [5, 5.41) is 3.44. The van der Waals surface area contributed by atoms with Crippen molar-refractivity contribution < 1.29 is 0 Å². The predicted molar refractivity (Wildman–Crippen MR) is 69.2 cm³/mol. The Morgan fingerprint density at radius 2 is 2.31 bits per heavy atom. The van der Waals surface area contributed by atoms with Gasteiger partial charge in [0.1, 0.15) is 5.82 Å². The predicted octanol–water partition coefficient (Wildman–Crippen LogP) is 2.81. The van der Waals surface area contributed by atoms with Crippen LogP contribution in [0.1, 0.15) is 32.6 Å². The third-order valence-corrected chi connectivity index (χ3v) is 3.62. The minimum atomic E-state index is 0.314. The van der Waals surface area contributed by atoms with Crippen molar-refractivity contribution in [2.45, 2.75) is 38.6 Å². The molecule has 0 bridgehead atoms. The number of nitrogens with zero attached hydrogens (tertiary/aromatic N) is 2. The summed E-state index contributed by atoms with van der Waals surface area (Å²) in [6.07, 6.45) is 6.73. The first-order chi connectivity index (χ1) is 7.65. The SMILES string of the molecule is CC1CCCC(Nc2nc(N)ncc2Br)C1. The average molecular weight is 285 g/mol. The third kappa shape index (κ3) is 2.84. The summed E-state index contributed by atoms with van der Waals surface area (Å²) in [5.41, 5.74) is 5.58. The Morgan fingerprint density at radius 1 is 1.50 bits per heavy atom. The van der Waals surface area contributed by atoms with Crippen LogP contribution in [0.4, 0.5) is 11.8 Å². The number of aromatic nitrogens is 2. The van der Waals surface area contributed by atoms with Crippen molar-refractivity contribution in [2.75, 3.05) is 11.1 Å². The van der Waals surface area contributed by atoms with E-state index < -0.39 is 0 Å². The van der Waals surface area contributed by atoms with E-state index >= 15 is 0 Å². The number of nitrogen functional groups attached to an aromatic ring is 1. The largest absolute Gasteiger partial charge is 0.368 e. The summed E-state index contributed by atoms with van der Waals surface area (Å²) in [4.78, 5) is 8.13. The Balaban J connectivity index is 2.05. The van der Waals surface area contributed by atoms with Crippen molar-refractivity contribution in [3.63, 3.8) is 0 Å². The lowest BCUT2D eigenvalue weighted by Gasteiger charge is -2.28. The molecule has 1 saturated carbocycles. The van der Waals surface area contributed by atoms with E-state index in [-0.39, 0.29) is 0 Å². The zero-order valence-corrected chi connectivity index (χ0v) is 11.0. The molecule has 0 radical (unpaired) electrons. The molecule has 2 unspecified atom stereocenters. The van der Waals surface area contributed by atoms with E-state index in [0.717, 1.165) is 16.2 Å². The maximum atomic E-state index is 5.58. The van der Waals surface area contributed by atoms with Crippen LogP contribution in [0.2, 0.25) is 0 Å². The summed E-state index contributed by atoms with van der Waals surface area (Å²) < 4.78 is 0.875. The fourth-order valence-corrected chi connectivity index (χ4v) is 2.55. The van der Waals surface area contributed by atoms with Crippen LogP contribution in [-0.4, -0.2) is 16.0 Å². The number of hydrogen-bond donors (Lipinski definition) is 2. The van der Waals surface area contributed by atoms with Crippen molar-refractivity contribution >= 4 is 27.7 Å². The highest BCUT2D eigenvalue weighted by atomic mass is 79.9. The molecule has 0 aromatic carbocycles. The van der Waals surface area contributed by atoms with Gasteiger partial charge < -0.3 is 11.1 Å². The molecule has 3 N–H and O–H groups in total. The maximum absolute atomic E-state index is 5.58. The molecule has 0 spiro atoms. The molecule has 4 nitrogen and oxygen atoms in total. The van der Waals surface area contributed by atoms with Gasteiger partial charge in [-0.1, -0.05) is 19.8 Å². The second-order valence-corrected chi connectivity index (χ2v) is 5.39. The van der Waals surface area contributed by atoms with Crippen LogP contribution in [0.5, 0.6) is 0 Å². The Kier molecular flexibility index (Phi) is 3.63. The summed E-state index contributed by atoms with van der Waals surface area (Å²) in [7, 11) is 0. The molecule has 1 aliphatic carbocycles. The standard InChI is InChI=1S/C11H17BrN4/c1-7-3-2-4-8(5-7)15-10-9(12)6-14-11(13)16-10/h6-8H,2-5H2,1H3,(H3,13,14,15,16). The minimum absolute atomic E-state index is 0.314. The van der Waals surface area contributed by atoms with Crippen LogP contribution in [0.3, 0.4) is 0 Å². The van der Waals surface area contributed by atoms with Crippen molar-refractivity contribution in [2.24, 2.45) is 5.92 Å². The van der Waals surface area contributed by atoms with Gasteiger partial charge in [-0.25, -0.2) is 4.98 Å². The molecular formula is C11H17BrN4. The van der Waals surface area contributed by atoms with Crippen LogP contribution >= 0.6 is 15.9 Å². The van der Waals surface area contributed by atoms with Crippen LogP contribution in [0.25, 0.3) is 0 Å². The van der Waals surface area contributed by atoms with Gasteiger partial charge in [-0.05, 0) is 34.7 Å². The molecule has 2 atom stereocenters. The van der Waals surface area contributed by atoms with Gasteiger partial charge in [-0.2, -0.15) is 4.98 Å². The van der Waals surface area contributed by atoms with Crippen LogP contribution < -0.4 is 11.1 Å². The van der Waals surface area contributed by atoms with Gasteiger partial charge in [0.2, 0.25) is 5.95 Å². The first-order valence-corrected chi connectivity index (χ1v) is 6.49. The maximum Gasteiger partial charge on any atom is 0.221 e. The van der Waals surface area contributed by atoms with Crippen LogP contribution in [0.15, 0.2) is 10.7 Å². The Labute approximate surface area is 104 Å². The molecule has 5 heteroatoms. The average Bonchev–Trinajstić information content (AvgIpc) is 2.24. The van der Waals surface area contributed by atoms with Gasteiger partial charge in [0.05, 0.1) is 4.47 Å². The highest BCUT2D eigenvalue weighted by Crippen LogP contribution is 2.28. The lowest BCUT2D eigenvalue weighted by molar-refractivity contribution is 0.358. The highest BCUT2D eigenvalue weighted by molar-refractivity contribution is 9.10. The second kappa shape index (κ2) is 4.99. The first-order valence-electron chi connectivity index (χ1n) is 5.69. The van der Waals surface area contributed by atoms with Crippen molar-refractivity contribution in [1.82, 2.24) is 9.97 Å². The van der Waals surface area contributed by atoms with E-state index in [1.165, 1.54) is 25.7 Å². The van der Waals surface area contributed by atoms with E-state index in [1.54, 1.807) is 6.20 Å². The summed E-state index contributed by atoms with van der Waals surface area (Å²) in [5.74, 6) is 1.92. The molecule has 16 heavy (non-hydrogen) atoms. The molecule has 1 aliphatic rings. The van der Waals surface area contributed by atoms with Gasteiger partial charge in [0.15, 0.2) is 0 Å². The lowest BCUT2D eigenvalue weighted by Crippen LogP contribution is -2.27. The van der Waals surface area contributed by atoms with Crippen molar-refractivity contribution in [1.29, 1.82) is 0 Å². The summed E-state index contributed by atoms with van der Waals surface area (Å²) in [6, 6.07) is 0.509.